The average molecular weight is 990 g/mol. The SMILES string of the molecule is CCCC(=O)N(CCOCCOCCOCCOCCOCCNc1cccc2cnn(C3CCC(=O)NC3=O)c(=O)c12)c1cccc(Sc2ncc(N3CCC(C)(N)CC3)nc2N)c1Cl.Cl. The number of carbonyl (C=O) groups is 3. The number of rotatable bonds is 26. The van der Waals surface area contributed by atoms with Gasteiger partial charge in [-0.2, -0.15) is 5.10 Å². The van der Waals surface area contributed by atoms with E-state index in [0.29, 0.717) is 135 Å². The highest BCUT2D eigenvalue weighted by molar-refractivity contribution is 7.99. The highest BCUT2D eigenvalue weighted by Crippen LogP contribution is 2.40. The van der Waals surface area contributed by atoms with Gasteiger partial charge in [0.1, 0.15) is 16.9 Å². The number of aromatic nitrogens is 4. The Labute approximate surface area is 405 Å². The molecule has 19 nitrogen and oxygen atoms in total. The van der Waals surface area contributed by atoms with Gasteiger partial charge in [-0.15, -0.1) is 12.4 Å². The molecule has 0 spiro atoms. The third-order valence-electron chi connectivity index (χ3n) is 11.0. The molecule has 67 heavy (non-hydrogen) atoms. The fourth-order valence-electron chi connectivity index (χ4n) is 7.37. The van der Waals surface area contributed by atoms with Gasteiger partial charge in [0.15, 0.2) is 5.82 Å². The number of amides is 3. The van der Waals surface area contributed by atoms with E-state index >= 15 is 0 Å². The Kier molecular flexibility index (Phi) is 21.3. The predicted octanol–water partition coefficient (Wildman–Crippen LogP) is 4.62. The molecular formula is C45H62Cl2N10O9S. The average Bonchev–Trinajstić information content (AvgIpc) is 3.29. The van der Waals surface area contributed by atoms with E-state index in [2.05, 4.69) is 37.5 Å². The van der Waals surface area contributed by atoms with Crippen molar-refractivity contribution in [3.05, 3.63) is 64.2 Å². The van der Waals surface area contributed by atoms with Crippen LogP contribution in [0.5, 0.6) is 0 Å². The number of hydrogen-bond acceptors (Lipinski definition) is 17. The van der Waals surface area contributed by atoms with E-state index < -0.39 is 17.5 Å². The number of benzene rings is 2. The van der Waals surface area contributed by atoms with Gasteiger partial charge < -0.3 is 50.3 Å². The second kappa shape index (κ2) is 26.8. The largest absolute Gasteiger partial charge is 0.382 e. The molecule has 0 aliphatic carbocycles. The summed E-state index contributed by atoms with van der Waals surface area (Å²) < 4.78 is 29.5. The van der Waals surface area contributed by atoms with Crippen molar-refractivity contribution in [1.29, 1.82) is 0 Å². The summed E-state index contributed by atoms with van der Waals surface area (Å²) in [4.78, 5) is 64.3. The summed E-state index contributed by atoms with van der Waals surface area (Å²) in [7, 11) is 0. The zero-order chi connectivity index (χ0) is 46.9. The van der Waals surface area contributed by atoms with Crippen LogP contribution in [-0.2, 0) is 38.1 Å². The Morgan fingerprint density at radius 2 is 1.58 bits per heavy atom. The number of imide groups is 1. The van der Waals surface area contributed by atoms with Gasteiger partial charge in [0, 0.05) is 60.5 Å². The highest BCUT2D eigenvalue weighted by atomic mass is 35.5. The Morgan fingerprint density at radius 3 is 2.22 bits per heavy atom. The molecule has 0 saturated carbocycles. The summed E-state index contributed by atoms with van der Waals surface area (Å²) in [5.74, 6) is 0.0850. The number of nitrogens with zero attached hydrogens (tertiary/aromatic N) is 6. The molecule has 4 aromatic rings. The van der Waals surface area contributed by atoms with Crippen molar-refractivity contribution in [2.45, 2.75) is 73.9 Å². The summed E-state index contributed by atoms with van der Waals surface area (Å²) in [6, 6.07) is 10.1. The van der Waals surface area contributed by atoms with Crippen LogP contribution in [0.1, 0.15) is 58.4 Å². The molecule has 6 rings (SSSR count). The third kappa shape index (κ3) is 15.4. The summed E-state index contributed by atoms with van der Waals surface area (Å²) in [6.07, 6.45) is 6.41. The fraction of sp³-hybridized carbons (Fsp3) is 0.533. The molecule has 0 bridgehead atoms. The molecular weight excluding hydrogens is 928 g/mol. The van der Waals surface area contributed by atoms with Gasteiger partial charge >= 0.3 is 0 Å². The van der Waals surface area contributed by atoms with E-state index in [1.54, 1.807) is 29.4 Å². The van der Waals surface area contributed by atoms with Crippen LogP contribution in [-0.4, -0.2) is 135 Å². The number of anilines is 4. The Morgan fingerprint density at radius 1 is 0.940 bits per heavy atom. The van der Waals surface area contributed by atoms with Crippen LogP contribution in [0.4, 0.5) is 23.0 Å². The number of piperidine rings is 2. The first-order valence-corrected chi connectivity index (χ1v) is 23.5. The topological polar surface area (TPSA) is 241 Å². The second-order valence-electron chi connectivity index (χ2n) is 16.2. The van der Waals surface area contributed by atoms with Crippen LogP contribution in [0.15, 0.2) is 63.5 Å². The van der Waals surface area contributed by atoms with E-state index in [1.165, 1.54) is 11.8 Å². The van der Waals surface area contributed by atoms with Crippen LogP contribution < -0.4 is 37.5 Å². The van der Waals surface area contributed by atoms with Crippen LogP contribution in [0, 0.1) is 0 Å². The van der Waals surface area contributed by atoms with Gasteiger partial charge in [-0.3, -0.25) is 24.5 Å². The molecule has 2 aromatic heterocycles. The van der Waals surface area contributed by atoms with Crippen molar-refractivity contribution in [3.63, 3.8) is 0 Å². The second-order valence-corrected chi connectivity index (χ2v) is 17.6. The molecule has 2 aliphatic rings. The third-order valence-corrected chi connectivity index (χ3v) is 12.6. The van der Waals surface area contributed by atoms with Crippen molar-refractivity contribution in [1.82, 2.24) is 25.1 Å². The minimum absolute atomic E-state index is 0. The lowest BCUT2D eigenvalue weighted by Gasteiger charge is -2.37. The molecule has 2 aromatic carbocycles. The standard InChI is InChI=1S/C45H61ClN10O9S.ClH/c1-3-6-38(58)55(33-9-5-10-35(40(33)46)66-43-41(47)52-36(30-50-43)54-16-13-45(2,48)14-17-54)18-20-62-22-24-64-26-28-65-27-25-63-23-21-61-19-15-49-32-8-4-7-31-29-51-56(44(60)39(31)32)34-11-12-37(57)53-42(34)59;/h4-5,7-10,29-30,34,49H,3,6,11-28,48H2,1-2H3,(H2,47,52)(H,53,57,59);1H. The van der Waals surface area contributed by atoms with Crippen molar-refractivity contribution in [3.8, 4) is 0 Å². The molecule has 366 valence electrons. The normalized spacial score (nSPS) is 15.9. The molecule has 2 saturated heterocycles. The van der Waals surface area contributed by atoms with E-state index in [0.717, 1.165) is 36.4 Å². The van der Waals surface area contributed by atoms with Crippen LogP contribution in [0.25, 0.3) is 10.8 Å². The van der Waals surface area contributed by atoms with E-state index in [9.17, 15) is 19.2 Å². The number of ether oxygens (including phenoxy) is 5. The van der Waals surface area contributed by atoms with Gasteiger partial charge in [-0.05, 0) is 50.8 Å². The Balaban J connectivity index is 0.00000840. The maximum Gasteiger partial charge on any atom is 0.277 e. The van der Waals surface area contributed by atoms with Gasteiger partial charge in [0.05, 0.1) is 94.6 Å². The maximum atomic E-state index is 13.3. The summed E-state index contributed by atoms with van der Waals surface area (Å²) in [6.45, 7) is 10.1. The quantitative estimate of drug-likeness (QED) is 0.0496. The number of nitrogens with two attached hydrogens (primary N) is 2. The number of carbonyl (C=O) groups excluding carboxylic acids is 3. The molecule has 1 unspecified atom stereocenters. The minimum Gasteiger partial charge on any atom is -0.382 e. The van der Waals surface area contributed by atoms with Gasteiger partial charge in [0.25, 0.3) is 11.5 Å². The molecule has 0 radical (unpaired) electrons. The number of halogens is 2. The monoisotopic (exact) mass is 988 g/mol. The van der Waals surface area contributed by atoms with E-state index in [1.807, 2.05) is 31.2 Å². The molecule has 1 atom stereocenters. The first-order valence-electron chi connectivity index (χ1n) is 22.4. The lowest BCUT2D eigenvalue weighted by atomic mass is 9.91. The molecule has 6 N–H and O–H groups in total. The van der Waals surface area contributed by atoms with Gasteiger partial charge in [-0.1, -0.05) is 48.5 Å². The van der Waals surface area contributed by atoms with Crippen molar-refractivity contribution in [2.75, 3.05) is 113 Å². The zero-order valence-corrected chi connectivity index (χ0v) is 40.4. The van der Waals surface area contributed by atoms with Crippen LogP contribution in [0.2, 0.25) is 5.02 Å². The minimum atomic E-state index is -0.841. The van der Waals surface area contributed by atoms with Crippen LogP contribution >= 0.6 is 35.8 Å². The zero-order valence-electron chi connectivity index (χ0n) is 38.0. The Bertz CT molecular complexity index is 2320. The number of hydrogen-bond donors (Lipinski definition) is 4. The molecule has 2 fully saturated rings. The highest BCUT2D eigenvalue weighted by Gasteiger charge is 2.31. The number of nitrogens with one attached hydrogen (secondary N) is 2. The smallest absolute Gasteiger partial charge is 0.277 e. The van der Waals surface area contributed by atoms with Crippen molar-refractivity contribution in [2.24, 2.45) is 5.73 Å². The lowest BCUT2D eigenvalue weighted by molar-refractivity contribution is -0.136. The molecule has 2 aliphatic heterocycles. The summed E-state index contributed by atoms with van der Waals surface area (Å²) in [5, 5.41) is 11.7. The summed E-state index contributed by atoms with van der Waals surface area (Å²) in [5.41, 5.74) is 13.3. The molecule has 3 amide bonds. The van der Waals surface area contributed by atoms with Gasteiger partial charge in [0.2, 0.25) is 11.8 Å². The van der Waals surface area contributed by atoms with Crippen molar-refractivity contribution < 1.29 is 38.1 Å². The predicted molar refractivity (Wildman–Crippen MR) is 261 cm³/mol. The number of fused-ring (bicyclic) bond motifs is 1. The Hall–Kier alpha value is -4.64. The van der Waals surface area contributed by atoms with Crippen LogP contribution in [0.3, 0.4) is 0 Å². The fourth-order valence-corrected chi connectivity index (χ4v) is 8.52. The first-order chi connectivity index (χ1) is 32.0. The first kappa shape index (κ1) is 53.3. The van der Waals surface area contributed by atoms with E-state index in [4.69, 9.17) is 46.8 Å². The van der Waals surface area contributed by atoms with Crippen molar-refractivity contribution >= 4 is 87.3 Å². The van der Waals surface area contributed by atoms with Gasteiger partial charge in [-0.25, -0.2) is 14.6 Å². The number of nitrogen functional groups attached to an aromatic ring is 1. The summed E-state index contributed by atoms with van der Waals surface area (Å²) >= 11 is 8.24. The maximum absolute atomic E-state index is 13.3. The lowest BCUT2D eigenvalue weighted by Crippen LogP contribution is -2.48. The molecule has 4 heterocycles. The molecule has 22 heteroatoms. The van der Waals surface area contributed by atoms with E-state index in [-0.39, 0.29) is 42.6 Å².